The number of hydrogen-bond donors (Lipinski definition) is 0. The number of hydrogen-bond acceptors (Lipinski definition) is 6. The molecule has 0 N–H and O–H groups in total. The summed E-state index contributed by atoms with van der Waals surface area (Å²) in [5.41, 5.74) is -3.18. The van der Waals surface area contributed by atoms with Gasteiger partial charge in [-0.05, 0) is 40.5 Å². The van der Waals surface area contributed by atoms with Gasteiger partial charge in [-0.3, -0.25) is 19.3 Å². The predicted molar refractivity (Wildman–Crippen MR) is 116 cm³/mol. The summed E-state index contributed by atoms with van der Waals surface area (Å²) in [6.07, 6.45) is -6.84. The number of carbonyl (C=O) groups is 4. The Kier molecular flexibility index (Phi) is 10.2. The van der Waals surface area contributed by atoms with Crippen molar-refractivity contribution in [1.82, 2.24) is 4.90 Å². The van der Waals surface area contributed by atoms with Gasteiger partial charge in [-0.2, -0.15) is 13.2 Å². The van der Waals surface area contributed by atoms with Gasteiger partial charge >= 0.3 is 18.1 Å². The van der Waals surface area contributed by atoms with Crippen LogP contribution >= 0.6 is 0 Å². The molecule has 0 aromatic carbocycles. The number of carbonyl (C=O) groups excluding carboxylic acids is 4. The minimum absolute atomic E-state index is 0.0111. The Morgan fingerprint density at radius 3 is 1.73 bits per heavy atom. The fourth-order valence-electron chi connectivity index (χ4n) is 3.24. The van der Waals surface area contributed by atoms with E-state index in [0.717, 1.165) is 0 Å². The highest BCUT2D eigenvalue weighted by Gasteiger charge is 2.46. The van der Waals surface area contributed by atoms with Gasteiger partial charge < -0.3 is 9.47 Å². The maximum Gasteiger partial charge on any atom is 0.425 e. The van der Waals surface area contributed by atoms with E-state index in [9.17, 15) is 32.3 Å². The van der Waals surface area contributed by atoms with Crippen molar-refractivity contribution >= 4 is 23.8 Å². The van der Waals surface area contributed by atoms with Gasteiger partial charge in [0.2, 0.25) is 11.8 Å². The van der Waals surface area contributed by atoms with Gasteiger partial charge in [0.05, 0.1) is 5.41 Å². The number of alkyl halides is 3. The average molecular weight is 482 g/mol. The van der Waals surface area contributed by atoms with E-state index in [4.69, 9.17) is 4.74 Å². The van der Waals surface area contributed by atoms with Crippen LogP contribution in [0.15, 0.2) is 0 Å². The Morgan fingerprint density at radius 2 is 1.36 bits per heavy atom. The second-order valence-electron chi connectivity index (χ2n) is 10.5. The van der Waals surface area contributed by atoms with E-state index in [1.807, 2.05) is 0 Å². The normalized spacial score (nSPS) is 15.5. The van der Waals surface area contributed by atoms with Gasteiger partial charge in [0.25, 0.3) is 0 Å². The van der Waals surface area contributed by atoms with E-state index in [2.05, 4.69) is 4.74 Å². The zero-order valence-corrected chi connectivity index (χ0v) is 21.3. The summed E-state index contributed by atoms with van der Waals surface area (Å²) in [6, 6.07) is -0.409. The van der Waals surface area contributed by atoms with Crippen LogP contribution in [0.1, 0.15) is 82.1 Å². The maximum absolute atomic E-state index is 13.4. The molecule has 0 bridgehead atoms. The molecule has 33 heavy (non-hydrogen) atoms. The lowest BCUT2D eigenvalue weighted by Gasteiger charge is -2.40. The Balaban J connectivity index is 5.50. The average Bonchev–Trinajstić information content (AvgIpc) is 2.63. The van der Waals surface area contributed by atoms with Crippen molar-refractivity contribution in [2.75, 3.05) is 6.61 Å². The standard InChI is InChI=1S/C23H38F3NO6/c1-11-22(10,19(31)32-12-16(28)33-15(4)23(24,25)26)13-21(8,9)18(30)27(14(2)3)17(29)20(5,6)7/h14-15H,11-13H2,1-10H3. The molecule has 0 aliphatic heterocycles. The van der Waals surface area contributed by atoms with Crippen molar-refractivity contribution in [2.45, 2.75) is 100 Å². The second kappa shape index (κ2) is 10.9. The molecule has 0 aliphatic carbocycles. The molecular weight excluding hydrogens is 443 g/mol. The van der Waals surface area contributed by atoms with E-state index < -0.39 is 59.0 Å². The Bertz CT molecular complexity index is 739. The molecule has 7 nitrogen and oxygen atoms in total. The number of rotatable bonds is 9. The van der Waals surface area contributed by atoms with Gasteiger partial charge in [0, 0.05) is 16.9 Å². The monoisotopic (exact) mass is 481 g/mol. The molecular formula is C23H38F3NO6. The first-order valence-corrected chi connectivity index (χ1v) is 10.9. The Labute approximate surface area is 194 Å². The highest BCUT2D eigenvalue weighted by atomic mass is 19.4. The van der Waals surface area contributed by atoms with Crippen molar-refractivity contribution in [3.8, 4) is 0 Å². The van der Waals surface area contributed by atoms with Crippen molar-refractivity contribution in [3.63, 3.8) is 0 Å². The Morgan fingerprint density at radius 1 is 0.879 bits per heavy atom. The van der Waals surface area contributed by atoms with Gasteiger partial charge in [0.15, 0.2) is 12.7 Å². The third-order valence-corrected chi connectivity index (χ3v) is 5.37. The van der Waals surface area contributed by atoms with Crippen LogP contribution in [0.25, 0.3) is 0 Å². The third-order valence-electron chi connectivity index (χ3n) is 5.37. The molecule has 0 aromatic rings. The maximum atomic E-state index is 13.4. The number of ether oxygens (including phenoxy) is 2. The van der Waals surface area contributed by atoms with Crippen LogP contribution in [-0.4, -0.2) is 53.6 Å². The molecule has 192 valence electrons. The summed E-state index contributed by atoms with van der Waals surface area (Å²) in [5, 5.41) is 0. The molecule has 2 unspecified atom stereocenters. The topological polar surface area (TPSA) is 90.0 Å². The number of amides is 2. The van der Waals surface area contributed by atoms with Gasteiger partial charge in [-0.1, -0.05) is 41.5 Å². The van der Waals surface area contributed by atoms with Crippen molar-refractivity contribution < 1.29 is 41.8 Å². The van der Waals surface area contributed by atoms with Crippen LogP contribution in [0, 0.1) is 16.2 Å². The first-order chi connectivity index (χ1) is 14.6. The molecule has 0 aromatic heterocycles. The van der Waals surface area contributed by atoms with Gasteiger partial charge in [0.1, 0.15) is 0 Å². The molecule has 0 radical (unpaired) electrons. The highest BCUT2D eigenvalue weighted by molar-refractivity contribution is 6.00. The smallest absolute Gasteiger partial charge is 0.425 e. The van der Waals surface area contributed by atoms with Crippen molar-refractivity contribution in [1.29, 1.82) is 0 Å². The van der Waals surface area contributed by atoms with Crippen LogP contribution in [0.2, 0.25) is 0 Å². The summed E-state index contributed by atoms with van der Waals surface area (Å²) >= 11 is 0. The lowest BCUT2D eigenvalue weighted by atomic mass is 9.71. The summed E-state index contributed by atoms with van der Waals surface area (Å²) in [7, 11) is 0. The van der Waals surface area contributed by atoms with Crippen LogP contribution in [0.3, 0.4) is 0 Å². The molecule has 0 saturated heterocycles. The molecule has 0 fully saturated rings. The molecule has 0 saturated carbocycles. The summed E-state index contributed by atoms with van der Waals surface area (Å²) in [6.45, 7) is 14.7. The van der Waals surface area contributed by atoms with E-state index in [0.29, 0.717) is 6.92 Å². The zero-order chi connectivity index (χ0) is 26.6. The van der Waals surface area contributed by atoms with E-state index in [1.54, 1.807) is 62.3 Å². The zero-order valence-electron chi connectivity index (χ0n) is 21.3. The molecule has 0 aliphatic rings. The fraction of sp³-hybridized carbons (Fsp3) is 0.826. The van der Waals surface area contributed by atoms with E-state index >= 15 is 0 Å². The molecule has 0 rings (SSSR count). The minimum Gasteiger partial charge on any atom is -0.453 e. The number of imide groups is 1. The summed E-state index contributed by atoms with van der Waals surface area (Å²) < 4.78 is 46.7. The van der Waals surface area contributed by atoms with Crippen LogP contribution < -0.4 is 0 Å². The largest absolute Gasteiger partial charge is 0.453 e. The Hall–Kier alpha value is -2.13. The predicted octanol–water partition coefficient (Wildman–Crippen LogP) is 4.67. The van der Waals surface area contributed by atoms with Crippen LogP contribution in [0.4, 0.5) is 13.2 Å². The minimum atomic E-state index is -4.73. The lowest BCUT2D eigenvalue weighted by Crippen LogP contribution is -2.53. The molecule has 0 heterocycles. The highest BCUT2D eigenvalue weighted by Crippen LogP contribution is 2.40. The van der Waals surface area contributed by atoms with Crippen molar-refractivity contribution in [2.24, 2.45) is 16.2 Å². The summed E-state index contributed by atoms with van der Waals surface area (Å²) in [4.78, 5) is 51.8. The number of nitrogens with zero attached hydrogens (tertiary/aromatic N) is 1. The summed E-state index contributed by atoms with van der Waals surface area (Å²) in [5.74, 6) is -2.98. The van der Waals surface area contributed by atoms with E-state index in [1.165, 1.54) is 4.90 Å². The first-order valence-electron chi connectivity index (χ1n) is 10.9. The molecule has 2 atom stereocenters. The fourth-order valence-corrected chi connectivity index (χ4v) is 3.24. The first kappa shape index (κ1) is 30.9. The molecule has 10 heteroatoms. The SMILES string of the molecule is CCC(C)(CC(C)(C)C(=O)N(C(=O)C(C)(C)C)C(C)C)C(=O)OCC(=O)OC(C)C(F)(F)F. The molecule has 0 spiro atoms. The van der Waals surface area contributed by atoms with Crippen molar-refractivity contribution in [3.05, 3.63) is 0 Å². The quantitative estimate of drug-likeness (QED) is 0.445. The third kappa shape index (κ3) is 8.62. The second-order valence-corrected chi connectivity index (χ2v) is 10.5. The van der Waals surface area contributed by atoms with Gasteiger partial charge in [-0.15, -0.1) is 0 Å². The van der Waals surface area contributed by atoms with Gasteiger partial charge in [-0.25, -0.2) is 4.79 Å². The molecule has 2 amide bonds. The number of esters is 2. The van der Waals surface area contributed by atoms with E-state index in [-0.39, 0.29) is 18.7 Å². The lowest BCUT2D eigenvalue weighted by molar-refractivity contribution is -0.218. The number of halogens is 3. The van der Waals surface area contributed by atoms with Crippen LogP contribution in [-0.2, 0) is 28.7 Å². The van der Waals surface area contributed by atoms with Crippen LogP contribution in [0.5, 0.6) is 0 Å².